The summed E-state index contributed by atoms with van der Waals surface area (Å²) in [6.45, 7) is 1.99. The van der Waals surface area contributed by atoms with Gasteiger partial charge in [-0.3, -0.25) is 0 Å². The van der Waals surface area contributed by atoms with E-state index in [4.69, 9.17) is 4.98 Å². The minimum absolute atomic E-state index is 0.417. The average Bonchev–Trinajstić information content (AvgIpc) is 3.29. The zero-order valence-electron chi connectivity index (χ0n) is 14.9. The standard InChI is InChI=1S/C19H22N6S/c1-24(13-5-4-10-25(11-13)16-8-3-9-22-23-16)18-17-14-6-2-7-15(14)26-19(17)21-12-20-18/h3,8-9,12-13H,2,4-7,10-11H2,1H3. The zero-order chi connectivity index (χ0) is 17.5. The molecule has 4 heterocycles. The first-order valence-electron chi connectivity index (χ1n) is 9.32. The van der Waals surface area contributed by atoms with E-state index in [1.807, 2.05) is 23.5 Å². The normalized spacial score (nSPS) is 19.7. The molecule has 1 atom stereocenters. The number of aromatic nitrogens is 4. The van der Waals surface area contributed by atoms with Crippen LogP contribution in [-0.2, 0) is 12.8 Å². The molecule has 0 aromatic carbocycles. The van der Waals surface area contributed by atoms with E-state index >= 15 is 0 Å². The molecule has 134 valence electrons. The van der Waals surface area contributed by atoms with E-state index in [2.05, 4.69) is 32.0 Å². The second kappa shape index (κ2) is 6.46. The monoisotopic (exact) mass is 366 g/mol. The summed E-state index contributed by atoms with van der Waals surface area (Å²) >= 11 is 1.86. The lowest BCUT2D eigenvalue weighted by atomic mass is 10.0. The molecule has 7 heteroatoms. The number of fused-ring (bicyclic) bond motifs is 3. The summed E-state index contributed by atoms with van der Waals surface area (Å²) < 4.78 is 0. The molecule has 3 aromatic heterocycles. The average molecular weight is 366 g/mol. The van der Waals surface area contributed by atoms with Crippen molar-refractivity contribution in [2.75, 3.05) is 29.9 Å². The number of hydrogen-bond acceptors (Lipinski definition) is 7. The highest BCUT2D eigenvalue weighted by atomic mass is 32.1. The fraction of sp³-hybridized carbons (Fsp3) is 0.474. The molecule has 1 unspecified atom stereocenters. The van der Waals surface area contributed by atoms with Crippen LogP contribution in [0.3, 0.4) is 0 Å². The summed E-state index contributed by atoms with van der Waals surface area (Å²) in [5.41, 5.74) is 1.49. The van der Waals surface area contributed by atoms with Crippen LogP contribution in [0.5, 0.6) is 0 Å². The maximum absolute atomic E-state index is 4.70. The second-order valence-electron chi connectivity index (χ2n) is 7.17. The van der Waals surface area contributed by atoms with Crippen LogP contribution >= 0.6 is 11.3 Å². The van der Waals surface area contributed by atoms with E-state index in [0.29, 0.717) is 6.04 Å². The van der Waals surface area contributed by atoms with Gasteiger partial charge in [0.1, 0.15) is 17.0 Å². The third-order valence-electron chi connectivity index (χ3n) is 5.64. The van der Waals surface area contributed by atoms with E-state index in [-0.39, 0.29) is 0 Å². The van der Waals surface area contributed by atoms with Gasteiger partial charge in [0.15, 0.2) is 5.82 Å². The number of rotatable bonds is 3. The molecule has 1 fully saturated rings. The molecule has 0 bridgehead atoms. The van der Waals surface area contributed by atoms with E-state index in [9.17, 15) is 0 Å². The van der Waals surface area contributed by atoms with Gasteiger partial charge >= 0.3 is 0 Å². The van der Waals surface area contributed by atoms with Crippen molar-refractivity contribution in [1.29, 1.82) is 0 Å². The molecule has 26 heavy (non-hydrogen) atoms. The van der Waals surface area contributed by atoms with Crippen molar-refractivity contribution in [3.05, 3.63) is 35.1 Å². The number of hydrogen-bond donors (Lipinski definition) is 0. The van der Waals surface area contributed by atoms with Crippen LogP contribution in [0.2, 0.25) is 0 Å². The molecule has 0 spiro atoms. The summed E-state index contributed by atoms with van der Waals surface area (Å²) in [5, 5.41) is 9.62. The van der Waals surface area contributed by atoms with Gasteiger partial charge in [0.2, 0.25) is 0 Å². The quantitative estimate of drug-likeness (QED) is 0.710. The molecule has 1 saturated heterocycles. The Hall–Kier alpha value is -2.28. The fourth-order valence-electron chi connectivity index (χ4n) is 4.29. The van der Waals surface area contributed by atoms with Gasteiger partial charge in [-0.05, 0) is 49.8 Å². The fourth-order valence-corrected chi connectivity index (χ4v) is 5.52. The summed E-state index contributed by atoms with van der Waals surface area (Å²) in [4.78, 5) is 16.6. The SMILES string of the molecule is CN(c1ncnc2sc3c(c12)CCC3)C1CCCN(c2cccnn2)C1. The minimum Gasteiger partial charge on any atom is -0.354 e. The number of nitrogens with zero attached hydrogens (tertiary/aromatic N) is 6. The number of piperidine rings is 1. The lowest BCUT2D eigenvalue weighted by molar-refractivity contribution is 0.483. The Morgan fingerprint density at radius 3 is 3.08 bits per heavy atom. The van der Waals surface area contributed by atoms with Crippen LogP contribution in [0.25, 0.3) is 10.2 Å². The van der Waals surface area contributed by atoms with Gasteiger partial charge in [0.05, 0.1) is 5.39 Å². The Kier molecular flexibility index (Phi) is 3.96. The van der Waals surface area contributed by atoms with E-state index in [1.165, 1.54) is 41.5 Å². The van der Waals surface area contributed by atoms with E-state index in [1.54, 1.807) is 12.5 Å². The predicted octanol–water partition coefficient (Wildman–Crippen LogP) is 3.08. The highest BCUT2D eigenvalue weighted by Gasteiger charge is 2.28. The van der Waals surface area contributed by atoms with Gasteiger partial charge in [0, 0.05) is 37.3 Å². The summed E-state index contributed by atoms with van der Waals surface area (Å²) in [6, 6.07) is 4.42. The molecule has 5 rings (SSSR count). The molecule has 1 aliphatic carbocycles. The zero-order valence-corrected chi connectivity index (χ0v) is 15.7. The smallest absolute Gasteiger partial charge is 0.151 e. The lowest BCUT2D eigenvalue weighted by Crippen LogP contribution is -2.47. The highest BCUT2D eigenvalue weighted by molar-refractivity contribution is 7.19. The lowest BCUT2D eigenvalue weighted by Gasteiger charge is -2.38. The Morgan fingerprint density at radius 1 is 1.23 bits per heavy atom. The van der Waals surface area contributed by atoms with Crippen molar-refractivity contribution < 1.29 is 0 Å². The summed E-state index contributed by atoms with van der Waals surface area (Å²) in [7, 11) is 2.19. The van der Waals surface area contributed by atoms with Gasteiger partial charge < -0.3 is 9.80 Å². The molecule has 3 aromatic rings. The van der Waals surface area contributed by atoms with Crippen molar-refractivity contribution in [1.82, 2.24) is 20.2 Å². The molecule has 0 amide bonds. The van der Waals surface area contributed by atoms with Crippen LogP contribution in [0.4, 0.5) is 11.6 Å². The first-order chi connectivity index (χ1) is 12.8. The molecule has 6 nitrogen and oxygen atoms in total. The summed E-state index contributed by atoms with van der Waals surface area (Å²) in [5.74, 6) is 2.07. The molecule has 1 aliphatic heterocycles. The molecular weight excluding hydrogens is 344 g/mol. The van der Waals surface area contributed by atoms with E-state index < -0.39 is 0 Å². The number of anilines is 2. The van der Waals surface area contributed by atoms with Gasteiger partial charge in [0.25, 0.3) is 0 Å². The van der Waals surface area contributed by atoms with E-state index in [0.717, 1.165) is 36.0 Å². The first kappa shape index (κ1) is 15.9. The Balaban J connectivity index is 1.46. The predicted molar refractivity (Wildman–Crippen MR) is 105 cm³/mol. The number of thiophene rings is 1. The van der Waals surface area contributed by atoms with Gasteiger partial charge in [-0.15, -0.1) is 16.4 Å². The van der Waals surface area contributed by atoms with Crippen LogP contribution in [-0.4, -0.2) is 46.3 Å². The molecule has 0 radical (unpaired) electrons. The largest absolute Gasteiger partial charge is 0.354 e. The Morgan fingerprint density at radius 2 is 2.19 bits per heavy atom. The maximum Gasteiger partial charge on any atom is 0.151 e. The van der Waals surface area contributed by atoms with Crippen molar-refractivity contribution in [3.8, 4) is 0 Å². The molecule has 2 aliphatic rings. The van der Waals surface area contributed by atoms with Crippen molar-refractivity contribution in [3.63, 3.8) is 0 Å². The van der Waals surface area contributed by atoms with Gasteiger partial charge in [-0.1, -0.05) is 0 Å². The maximum atomic E-state index is 4.70. The molecule has 0 saturated carbocycles. The second-order valence-corrected chi connectivity index (χ2v) is 8.25. The van der Waals surface area contributed by atoms with Crippen LogP contribution in [0.1, 0.15) is 29.7 Å². The highest BCUT2D eigenvalue weighted by Crippen LogP contribution is 2.40. The van der Waals surface area contributed by atoms with Gasteiger partial charge in [-0.25, -0.2) is 9.97 Å². The summed E-state index contributed by atoms with van der Waals surface area (Å²) in [6.07, 6.45) is 9.41. The third kappa shape index (κ3) is 2.61. The Bertz CT molecular complexity index is 924. The Labute approximate surface area is 156 Å². The van der Waals surface area contributed by atoms with Crippen LogP contribution in [0, 0.1) is 0 Å². The van der Waals surface area contributed by atoms with Crippen LogP contribution in [0.15, 0.2) is 24.7 Å². The van der Waals surface area contributed by atoms with Crippen molar-refractivity contribution in [2.45, 2.75) is 38.1 Å². The number of likely N-dealkylation sites (N-methyl/N-ethyl adjacent to an activating group) is 1. The van der Waals surface area contributed by atoms with Gasteiger partial charge in [-0.2, -0.15) is 5.10 Å². The minimum atomic E-state index is 0.417. The van der Waals surface area contributed by atoms with Crippen LogP contribution < -0.4 is 9.80 Å². The molecule has 0 N–H and O–H groups in total. The topological polar surface area (TPSA) is 58.0 Å². The first-order valence-corrected chi connectivity index (χ1v) is 10.1. The third-order valence-corrected chi connectivity index (χ3v) is 6.84. The molecular formula is C19H22N6S. The van der Waals surface area contributed by atoms with Crippen molar-refractivity contribution >= 4 is 33.2 Å². The van der Waals surface area contributed by atoms with Crippen molar-refractivity contribution in [2.24, 2.45) is 0 Å². The number of aryl methyl sites for hydroxylation is 2.